The van der Waals surface area contributed by atoms with E-state index in [9.17, 15) is 4.79 Å². The summed E-state index contributed by atoms with van der Waals surface area (Å²) < 4.78 is 5.90. The van der Waals surface area contributed by atoms with Gasteiger partial charge in [0.15, 0.2) is 6.61 Å². The molecule has 1 saturated heterocycles. The Morgan fingerprint density at radius 2 is 1.57 bits per heavy atom. The molecule has 0 spiro atoms. The van der Waals surface area contributed by atoms with Crippen LogP contribution in [0.2, 0.25) is 0 Å². The minimum atomic E-state index is 0.0172. The summed E-state index contributed by atoms with van der Waals surface area (Å²) in [6, 6.07) is 23.8. The summed E-state index contributed by atoms with van der Waals surface area (Å²) in [4.78, 5) is 21.1. The zero-order valence-electron chi connectivity index (χ0n) is 15.7. The predicted molar refractivity (Wildman–Crippen MR) is 110 cm³/mol. The SMILES string of the molecule is O=C(COc1ccccc1-c1ccccc1)N1CCN(c2ccccn2)CC1. The molecule has 2 aromatic carbocycles. The average Bonchev–Trinajstić information content (AvgIpc) is 2.79. The zero-order chi connectivity index (χ0) is 19.2. The van der Waals surface area contributed by atoms with Crippen molar-refractivity contribution in [3.63, 3.8) is 0 Å². The zero-order valence-corrected chi connectivity index (χ0v) is 15.7. The minimum absolute atomic E-state index is 0.0172. The molecule has 0 saturated carbocycles. The van der Waals surface area contributed by atoms with Crippen LogP contribution in [-0.4, -0.2) is 48.6 Å². The predicted octanol–water partition coefficient (Wildman–Crippen LogP) is 3.48. The van der Waals surface area contributed by atoms with E-state index in [1.807, 2.05) is 77.7 Å². The van der Waals surface area contributed by atoms with E-state index < -0.39 is 0 Å². The summed E-state index contributed by atoms with van der Waals surface area (Å²) in [6.07, 6.45) is 1.80. The second kappa shape index (κ2) is 8.57. The number of nitrogens with zero attached hydrogens (tertiary/aromatic N) is 3. The lowest BCUT2D eigenvalue weighted by molar-refractivity contribution is -0.133. The summed E-state index contributed by atoms with van der Waals surface area (Å²) >= 11 is 0. The smallest absolute Gasteiger partial charge is 0.260 e. The maximum atomic E-state index is 12.6. The van der Waals surface area contributed by atoms with Crippen LogP contribution in [0, 0.1) is 0 Å². The molecule has 2 heterocycles. The minimum Gasteiger partial charge on any atom is -0.483 e. The Labute approximate surface area is 165 Å². The highest BCUT2D eigenvalue weighted by atomic mass is 16.5. The van der Waals surface area contributed by atoms with Gasteiger partial charge < -0.3 is 14.5 Å². The number of rotatable bonds is 5. The summed E-state index contributed by atoms with van der Waals surface area (Å²) in [5.74, 6) is 1.71. The topological polar surface area (TPSA) is 45.7 Å². The number of pyridine rings is 1. The highest BCUT2D eigenvalue weighted by Crippen LogP contribution is 2.29. The first-order valence-electron chi connectivity index (χ1n) is 9.52. The number of carbonyl (C=O) groups is 1. The third-order valence-electron chi connectivity index (χ3n) is 4.93. The number of aromatic nitrogens is 1. The molecule has 0 radical (unpaired) electrons. The fourth-order valence-corrected chi connectivity index (χ4v) is 3.41. The van der Waals surface area contributed by atoms with Crippen LogP contribution >= 0.6 is 0 Å². The van der Waals surface area contributed by atoms with Crippen LogP contribution in [0.1, 0.15) is 0 Å². The van der Waals surface area contributed by atoms with Crippen LogP contribution in [0.3, 0.4) is 0 Å². The summed E-state index contributed by atoms with van der Waals surface area (Å²) in [5, 5.41) is 0. The van der Waals surface area contributed by atoms with Crippen molar-refractivity contribution in [1.29, 1.82) is 0 Å². The second-order valence-electron chi connectivity index (χ2n) is 6.71. The first-order valence-corrected chi connectivity index (χ1v) is 9.52. The van der Waals surface area contributed by atoms with Gasteiger partial charge in [-0.05, 0) is 23.8 Å². The highest BCUT2D eigenvalue weighted by Gasteiger charge is 2.22. The molecule has 0 unspecified atom stereocenters. The number of anilines is 1. The second-order valence-corrected chi connectivity index (χ2v) is 6.71. The lowest BCUT2D eigenvalue weighted by Crippen LogP contribution is -2.50. The van der Waals surface area contributed by atoms with Gasteiger partial charge in [0.25, 0.3) is 5.91 Å². The van der Waals surface area contributed by atoms with Gasteiger partial charge in [-0.3, -0.25) is 4.79 Å². The van der Waals surface area contributed by atoms with Gasteiger partial charge in [0, 0.05) is 37.9 Å². The van der Waals surface area contributed by atoms with E-state index >= 15 is 0 Å². The number of benzene rings is 2. The summed E-state index contributed by atoms with van der Waals surface area (Å²) in [5.41, 5.74) is 2.07. The van der Waals surface area contributed by atoms with Crippen LogP contribution in [-0.2, 0) is 4.79 Å². The number of hydrogen-bond acceptors (Lipinski definition) is 4. The van der Waals surface area contributed by atoms with Crippen molar-refractivity contribution in [3.8, 4) is 16.9 Å². The molecule has 5 nitrogen and oxygen atoms in total. The van der Waals surface area contributed by atoms with E-state index in [1.165, 1.54) is 0 Å². The van der Waals surface area contributed by atoms with Gasteiger partial charge in [-0.1, -0.05) is 54.6 Å². The van der Waals surface area contributed by atoms with Gasteiger partial charge in [0.05, 0.1) is 0 Å². The van der Waals surface area contributed by atoms with Gasteiger partial charge in [0.1, 0.15) is 11.6 Å². The van der Waals surface area contributed by atoms with Gasteiger partial charge >= 0.3 is 0 Å². The molecule has 0 aliphatic carbocycles. The molecule has 4 rings (SSSR count). The number of carbonyl (C=O) groups excluding carboxylic acids is 1. The van der Waals surface area contributed by atoms with E-state index in [0.29, 0.717) is 13.1 Å². The maximum absolute atomic E-state index is 12.6. The van der Waals surface area contributed by atoms with E-state index in [4.69, 9.17) is 4.74 Å². The Hall–Kier alpha value is -3.34. The Kier molecular flexibility index (Phi) is 5.52. The first-order chi connectivity index (χ1) is 13.8. The third kappa shape index (κ3) is 4.14. The largest absolute Gasteiger partial charge is 0.483 e. The fourth-order valence-electron chi connectivity index (χ4n) is 3.41. The number of ether oxygens (including phenoxy) is 1. The van der Waals surface area contributed by atoms with Crippen LogP contribution in [0.15, 0.2) is 79.0 Å². The van der Waals surface area contributed by atoms with Crippen molar-refractivity contribution < 1.29 is 9.53 Å². The molecule has 28 heavy (non-hydrogen) atoms. The summed E-state index contributed by atoms with van der Waals surface area (Å²) in [6.45, 7) is 2.97. The molecule has 5 heteroatoms. The van der Waals surface area contributed by atoms with E-state index in [1.54, 1.807) is 6.20 Å². The molecule has 1 aliphatic rings. The third-order valence-corrected chi connectivity index (χ3v) is 4.93. The fraction of sp³-hybridized carbons (Fsp3) is 0.217. The van der Waals surface area contributed by atoms with Crippen LogP contribution in [0.4, 0.5) is 5.82 Å². The standard InChI is InChI=1S/C23H23N3O2/c27-23(26-16-14-25(15-17-26)22-12-6-7-13-24-22)18-28-21-11-5-4-10-20(21)19-8-2-1-3-9-19/h1-13H,14-18H2. The first kappa shape index (κ1) is 18.0. The Morgan fingerprint density at radius 3 is 2.32 bits per heavy atom. The lowest BCUT2D eigenvalue weighted by atomic mass is 10.1. The van der Waals surface area contributed by atoms with Crippen molar-refractivity contribution in [3.05, 3.63) is 79.0 Å². The van der Waals surface area contributed by atoms with Crippen molar-refractivity contribution in [1.82, 2.24) is 9.88 Å². The van der Waals surface area contributed by atoms with Crippen molar-refractivity contribution in [2.24, 2.45) is 0 Å². The van der Waals surface area contributed by atoms with Gasteiger partial charge in [-0.2, -0.15) is 0 Å². The Bertz CT molecular complexity index is 907. The molecule has 0 bridgehead atoms. The Balaban J connectivity index is 1.35. The van der Waals surface area contributed by atoms with Gasteiger partial charge in [-0.15, -0.1) is 0 Å². The van der Waals surface area contributed by atoms with E-state index in [0.717, 1.165) is 35.8 Å². The van der Waals surface area contributed by atoms with Crippen molar-refractivity contribution in [2.75, 3.05) is 37.7 Å². The van der Waals surface area contributed by atoms with Crippen LogP contribution in [0.5, 0.6) is 5.75 Å². The number of hydrogen-bond donors (Lipinski definition) is 0. The quantitative estimate of drug-likeness (QED) is 0.687. The van der Waals surface area contributed by atoms with Crippen LogP contribution < -0.4 is 9.64 Å². The average molecular weight is 373 g/mol. The van der Waals surface area contributed by atoms with Gasteiger partial charge in [0.2, 0.25) is 0 Å². The normalized spacial score (nSPS) is 14.0. The molecule has 0 atom stereocenters. The maximum Gasteiger partial charge on any atom is 0.260 e. The number of amides is 1. The lowest BCUT2D eigenvalue weighted by Gasteiger charge is -2.35. The molecule has 1 aromatic heterocycles. The highest BCUT2D eigenvalue weighted by molar-refractivity contribution is 5.79. The molecule has 1 aliphatic heterocycles. The van der Waals surface area contributed by atoms with Crippen molar-refractivity contribution >= 4 is 11.7 Å². The van der Waals surface area contributed by atoms with Crippen LogP contribution in [0.25, 0.3) is 11.1 Å². The molecule has 0 N–H and O–H groups in total. The van der Waals surface area contributed by atoms with Gasteiger partial charge in [-0.25, -0.2) is 4.98 Å². The molecule has 3 aromatic rings. The van der Waals surface area contributed by atoms with E-state index in [2.05, 4.69) is 9.88 Å². The Morgan fingerprint density at radius 1 is 0.857 bits per heavy atom. The monoisotopic (exact) mass is 373 g/mol. The molecular formula is C23H23N3O2. The molecule has 1 amide bonds. The van der Waals surface area contributed by atoms with E-state index in [-0.39, 0.29) is 12.5 Å². The molecule has 142 valence electrons. The molecule has 1 fully saturated rings. The summed E-state index contributed by atoms with van der Waals surface area (Å²) in [7, 11) is 0. The number of para-hydroxylation sites is 1. The number of piperazine rings is 1. The van der Waals surface area contributed by atoms with Crippen molar-refractivity contribution in [2.45, 2.75) is 0 Å². The molecular weight excluding hydrogens is 350 g/mol.